The molecule has 0 radical (unpaired) electrons. The molecule has 0 heterocycles. The zero-order valence-corrected chi connectivity index (χ0v) is 18.0. The molecule has 0 aliphatic heterocycles. The Labute approximate surface area is 177 Å². The van der Waals surface area contributed by atoms with Crippen molar-refractivity contribution in [1.82, 2.24) is 4.31 Å². The third kappa shape index (κ3) is 3.64. The van der Waals surface area contributed by atoms with E-state index in [9.17, 15) is 13.2 Å². The molecule has 0 spiro atoms. The molecule has 0 bridgehead atoms. The van der Waals surface area contributed by atoms with Crippen molar-refractivity contribution in [3.63, 3.8) is 0 Å². The standard InChI is InChI=1S/C24H24N2O3S/c1-16(2)26(3)30(28,29)21-9-6-8-19(14-21)24(27)25-20-12-11-18-13-17-7-4-5-10-22(17)23(18)15-20/h4-12,14-16H,13H2,1-3H3,(H,25,27). The maximum absolute atomic E-state index is 12.8. The average molecular weight is 421 g/mol. The number of sulfonamides is 1. The summed E-state index contributed by atoms with van der Waals surface area (Å²) in [5.74, 6) is -0.342. The lowest BCUT2D eigenvalue weighted by Crippen LogP contribution is -2.33. The monoisotopic (exact) mass is 420 g/mol. The molecule has 0 saturated carbocycles. The fourth-order valence-electron chi connectivity index (χ4n) is 3.65. The molecule has 3 aromatic carbocycles. The Balaban J connectivity index is 1.59. The van der Waals surface area contributed by atoms with Crippen LogP contribution < -0.4 is 5.32 Å². The average Bonchev–Trinajstić information content (AvgIpc) is 3.11. The summed E-state index contributed by atoms with van der Waals surface area (Å²) in [4.78, 5) is 12.9. The van der Waals surface area contributed by atoms with Gasteiger partial charge in [0.05, 0.1) is 4.90 Å². The summed E-state index contributed by atoms with van der Waals surface area (Å²) in [5.41, 5.74) is 5.81. The van der Waals surface area contributed by atoms with Crippen LogP contribution in [0.1, 0.15) is 35.3 Å². The molecule has 30 heavy (non-hydrogen) atoms. The lowest BCUT2D eigenvalue weighted by atomic mass is 10.1. The van der Waals surface area contributed by atoms with Gasteiger partial charge < -0.3 is 5.32 Å². The molecule has 0 atom stereocenters. The van der Waals surface area contributed by atoms with Gasteiger partial charge in [-0.05, 0) is 72.9 Å². The van der Waals surface area contributed by atoms with Crippen LogP contribution in [0.5, 0.6) is 0 Å². The van der Waals surface area contributed by atoms with Crippen LogP contribution in [0.4, 0.5) is 5.69 Å². The number of nitrogens with one attached hydrogen (secondary N) is 1. The predicted octanol–water partition coefficient (Wildman–Crippen LogP) is 4.54. The van der Waals surface area contributed by atoms with Crippen molar-refractivity contribution in [1.29, 1.82) is 0 Å². The molecule has 1 amide bonds. The van der Waals surface area contributed by atoms with E-state index in [1.807, 2.05) is 30.3 Å². The van der Waals surface area contributed by atoms with E-state index in [4.69, 9.17) is 0 Å². The topological polar surface area (TPSA) is 66.5 Å². The first-order chi connectivity index (χ1) is 14.3. The maximum Gasteiger partial charge on any atom is 0.255 e. The smallest absolute Gasteiger partial charge is 0.255 e. The van der Waals surface area contributed by atoms with Crippen LogP contribution in [0.15, 0.2) is 71.6 Å². The number of nitrogens with zero attached hydrogens (tertiary/aromatic N) is 1. The summed E-state index contributed by atoms with van der Waals surface area (Å²) in [5, 5.41) is 2.90. The summed E-state index contributed by atoms with van der Waals surface area (Å²) in [6.45, 7) is 3.61. The van der Waals surface area contributed by atoms with Gasteiger partial charge >= 0.3 is 0 Å². The fourth-order valence-corrected chi connectivity index (χ4v) is 5.06. The number of rotatable bonds is 5. The number of benzene rings is 3. The van der Waals surface area contributed by atoms with Gasteiger partial charge in [0, 0.05) is 24.3 Å². The van der Waals surface area contributed by atoms with Gasteiger partial charge in [-0.15, -0.1) is 0 Å². The molecular weight excluding hydrogens is 396 g/mol. The van der Waals surface area contributed by atoms with Gasteiger partial charge in [-0.1, -0.05) is 36.4 Å². The molecule has 1 aliphatic rings. The fraction of sp³-hybridized carbons (Fsp3) is 0.208. The predicted molar refractivity (Wildman–Crippen MR) is 119 cm³/mol. The van der Waals surface area contributed by atoms with Crippen LogP contribution >= 0.6 is 0 Å². The zero-order chi connectivity index (χ0) is 21.5. The largest absolute Gasteiger partial charge is 0.322 e. The normalized spacial score (nSPS) is 12.7. The van der Waals surface area contributed by atoms with Crippen molar-refractivity contribution in [2.24, 2.45) is 0 Å². The van der Waals surface area contributed by atoms with E-state index >= 15 is 0 Å². The second kappa shape index (κ2) is 7.70. The molecule has 0 aromatic heterocycles. The second-order valence-corrected chi connectivity index (χ2v) is 9.80. The number of carbonyl (C=O) groups excluding carboxylic acids is 1. The molecule has 1 aliphatic carbocycles. The minimum atomic E-state index is -3.66. The molecule has 3 aromatic rings. The Hall–Kier alpha value is -2.96. The van der Waals surface area contributed by atoms with E-state index in [0.29, 0.717) is 11.3 Å². The molecule has 154 valence electrons. The minimum Gasteiger partial charge on any atom is -0.322 e. The van der Waals surface area contributed by atoms with E-state index in [-0.39, 0.29) is 16.8 Å². The van der Waals surface area contributed by atoms with Crippen LogP contribution in [0, 0.1) is 0 Å². The molecule has 0 saturated heterocycles. The summed E-state index contributed by atoms with van der Waals surface area (Å²) in [6.07, 6.45) is 0.892. The number of hydrogen-bond donors (Lipinski definition) is 1. The van der Waals surface area contributed by atoms with Crippen molar-refractivity contribution in [3.05, 3.63) is 83.4 Å². The number of fused-ring (bicyclic) bond motifs is 3. The molecule has 6 heteroatoms. The van der Waals surface area contributed by atoms with Crippen LogP contribution in [0.25, 0.3) is 11.1 Å². The first-order valence-electron chi connectivity index (χ1n) is 9.88. The van der Waals surface area contributed by atoms with Crippen molar-refractivity contribution in [2.75, 3.05) is 12.4 Å². The van der Waals surface area contributed by atoms with Crippen LogP contribution in [-0.4, -0.2) is 31.7 Å². The van der Waals surface area contributed by atoms with Gasteiger partial charge in [0.15, 0.2) is 0 Å². The quantitative estimate of drug-likeness (QED) is 0.515. The molecule has 0 fully saturated rings. The third-order valence-corrected chi connectivity index (χ3v) is 7.59. The van der Waals surface area contributed by atoms with Crippen molar-refractivity contribution in [2.45, 2.75) is 31.2 Å². The van der Waals surface area contributed by atoms with Gasteiger partial charge in [0.25, 0.3) is 5.91 Å². The van der Waals surface area contributed by atoms with E-state index in [2.05, 4.69) is 17.4 Å². The molecule has 5 nitrogen and oxygen atoms in total. The summed E-state index contributed by atoms with van der Waals surface area (Å²) in [7, 11) is -2.12. The summed E-state index contributed by atoms with van der Waals surface area (Å²) >= 11 is 0. The Morgan fingerprint density at radius 1 is 0.933 bits per heavy atom. The molecular formula is C24H24N2O3S. The van der Waals surface area contributed by atoms with Gasteiger partial charge in [-0.2, -0.15) is 4.31 Å². The first kappa shape index (κ1) is 20.3. The van der Waals surface area contributed by atoms with Gasteiger partial charge in [-0.3, -0.25) is 4.79 Å². The summed E-state index contributed by atoms with van der Waals surface area (Å²) in [6, 6.07) is 20.1. The highest BCUT2D eigenvalue weighted by Gasteiger charge is 2.24. The maximum atomic E-state index is 12.8. The van der Waals surface area contributed by atoms with Gasteiger partial charge in [0.1, 0.15) is 0 Å². The molecule has 0 unspecified atom stereocenters. The number of carbonyl (C=O) groups is 1. The third-order valence-electron chi connectivity index (χ3n) is 5.56. The lowest BCUT2D eigenvalue weighted by Gasteiger charge is -2.21. The minimum absolute atomic E-state index is 0.106. The van der Waals surface area contributed by atoms with Crippen LogP contribution in [-0.2, 0) is 16.4 Å². The molecule has 4 rings (SSSR count). The Bertz CT molecular complexity index is 1230. The van der Waals surface area contributed by atoms with E-state index in [0.717, 1.165) is 12.0 Å². The number of hydrogen-bond acceptors (Lipinski definition) is 3. The zero-order valence-electron chi connectivity index (χ0n) is 17.2. The van der Waals surface area contributed by atoms with E-state index in [1.54, 1.807) is 26.0 Å². The highest BCUT2D eigenvalue weighted by Crippen LogP contribution is 2.37. The Morgan fingerprint density at radius 2 is 1.67 bits per heavy atom. The van der Waals surface area contributed by atoms with Crippen molar-refractivity contribution < 1.29 is 13.2 Å². The number of amides is 1. The Morgan fingerprint density at radius 3 is 2.43 bits per heavy atom. The van der Waals surface area contributed by atoms with Crippen molar-refractivity contribution >= 4 is 21.6 Å². The molecule has 1 N–H and O–H groups in total. The number of anilines is 1. The second-order valence-electron chi connectivity index (χ2n) is 7.80. The van der Waals surface area contributed by atoms with Gasteiger partial charge in [-0.25, -0.2) is 8.42 Å². The van der Waals surface area contributed by atoms with E-state index in [1.165, 1.54) is 40.2 Å². The summed E-state index contributed by atoms with van der Waals surface area (Å²) < 4.78 is 26.8. The van der Waals surface area contributed by atoms with E-state index < -0.39 is 10.0 Å². The first-order valence-corrected chi connectivity index (χ1v) is 11.3. The van der Waals surface area contributed by atoms with Crippen molar-refractivity contribution in [3.8, 4) is 11.1 Å². The van der Waals surface area contributed by atoms with Gasteiger partial charge in [0.2, 0.25) is 10.0 Å². The van der Waals surface area contributed by atoms with Crippen LogP contribution in [0.2, 0.25) is 0 Å². The SMILES string of the molecule is CC(C)N(C)S(=O)(=O)c1cccc(C(=O)Nc2ccc3c(c2)-c2ccccc2C3)c1. The Kier molecular flexibility index (Phi) is 5.22. The van der Waals surface area contributed by atoms with Crippen LogP contribution in [0.3, 0.4) is 0 Å². The highest BCUT2D eigenvalue weighted by atomic mass is 32.2. The lowest BCUT2D eigenvalue weighted by molar-refractivity contribution is 0.102. The highest BCUT2D eigenvalue weighted by molar-refractivity contribution is 7.89.